The van der Waals surface area contributed by atoms with Crippen LogP contribution in [-0.2, 0) is 15.0 Å². The van der Waals surface area contributed by atoms with E-state index in [0.717, 1.165) is 19.3 Å². The molecular weight excluding hydrogens is 195 g/mol. The average Bonchev–Trinajstić information content (AvgIpc) is 2.26. The Kier molecular flexibility index (Phi) is 2.11. The van der Waals surface area contributed by atoms with Crippen molar-refractivity contribution in [3.63, 3.8) is 0 Å². The molecule has 1 aliphatic carbocycles. The van der Waals surface area contributed by atoms with Gasteiger partial charge in [-0.15, -0.1) is 3.89 Å². The molecule has 0 amide bonds. The fourth-order valence-electron chi connectivity index (χ4n) is 2.25. The highest BCUT2D eigenvalue weighted by molar-refractivity contribution is 7.86. The molecule has 5 heteroatoms. The minimum Gasteiger partial charge on any atom is -0.376 e. The molecule has 0 N–H and O–H groups in total. The monoisotopic (exact) mass is 208 g/mol. The molecule has 3 nitrogen and oxygen atoms in total. The van der Waals surface area contributed by atoms with Crippen molar-refractivity contribution in [2.75, 3.05) is 12.4 Å². The van der Waals surface area contributed by atoms with E-state index in [4.69, 9.17) is 4.74 Å². The first kappa shape index (κ1) is 9.40. The Morgan fingerprint density at radius 3 is 2.54 bits per heavy atom. The number of hydrogen-bond donors (Lipinski definition) is 0. The first-order valence-electron chi connectivity index (χ1n) is 4.53. The van der Waals surface area contributed by atoms with Gasteiger partial charge in [0.25, 0.3) is 0 Å². The standard InChI is InChI=1S/C8H13FO3S/c9-13(10,11)5-7-4-8(6-12-7)2-1-3-8/h7H,1-6H2. The van der Waals surface area contributed by atoms with Crippen molar-refractivity contribution in [2.45, 2.75) is 31.8 Å². The second-order valence-corrected chi connectivity index (χ2v) is 5.61. The topological polar surface area (TPSA) is 43.4 Å². The van der Waals surface area contributed by atoms with E-state index >= 15 is 0 Å². The van der Waals surface area contributed by atoms with Crippen molar-refractivity contribution in [2.24, 2.45) is 5.41 Å². The summed E-state index contributed by atoms with van der Waals surface area (Å²) in [5, 5.41) is 0. The fraction of sp³-hybridized carbons (Fsp3) is 1.00. The van der Waals surface area contributed by atoms with E-state index in [-0.39, 0.29) is 5.41 Å². The lowest BCUT2D eigenvalue weighted by Crippen LogP contribution is -2.30. The van der Waals surface area contributed by atoms with E-state index in [1.165, 1.54) is 6.42 Å². The molecule has 1 heterocycles. The Labute approximate surface area is 77.5 Å². The van der Waals surface area contributed by atoms with Gasteiger partial charge in [0.15, 0.2) is 0 Å². The van der Waals surface area contributed by atoms with E-state index in [1.54, 1.807) is 0 Å². The van der Waals surface area contributed by atoms with E-state index in [9.17, 15) is 12.3 Å². The first-order valence-corrected chi connectivity index (χ1v) is 6.08. The normalized spacial score (nSPS) is 31.9. The van der Waals surface area contributed by atoms with Gasteiger partial charge in [-0.2, -0.15) is 8.42 Å². The molecule has 1 atom stereocenters. The summed E-state index contributed by atoms with van der Waals surface area (Å²) in [5.74, 6) is -0.464. The maximum absolute atomic E-state index is 12.3. The number of ether oxygens (including phenoxy) is 1. The average molecular weight is 208 g/mol. The number of halogens is 1. The second-order valence-electron chi connectivity index (χ2n) is 4.20. The number of hydrogen-bond acceptors (Lipinski definition) is 3. The lowest BCUT2D eigenvalue weighted by molar-refractivity contribution is 0.0748. The largest absolute Gasteiger partial charge is 0.376 e. The van der Waals surface area contributed by atoms with Gasteiger partial charge in [0.1, 0.15) is 5.75 Å². The Morgan fingerprint density at radius 2 is 2.15 bits per heavy atom. The van der Waals surface area contributed by atoms with Crippen LogP contribution < -0.4 is 0 Å². The molecule has 0 aromatic heterocycles. The van der Waals surface area contributed by atoms with Gasteiger partial charge in [0.2, 0.25) is 0 Å². The minimum absolute atomic E-state index is 0.204. The predicted octanol–water partition coefficient (Wildman–Crippen LogP) is 1.24. The maximum Gasteiger partial charge on any atom is 0.304 e. The third-order valence-electron chi connectivity index (χ3n) is 3.09. The molecule has 76 valence electrons. The smallest absolute Gasteiger partial charge is 0.304 e. The molecule has 0 aromatic rings. The fourth-order valence-corrected chi connectivity index (χ4v) is 2.91. The van der Waals surface area contributed by atoms with Crippen LogP contribution in [0.15, 0.2) is 0 Å². The van der Waals surface area contributed by atoms with Crippen LogP contribution in [0.2, 0.25) is 0 Å². The van der Waals surface area contributed by atoms with Gasteiger partial charge in [-0.1, -0.05) is 6.42 Å². The molecule has 2 rings (SSSR count). The molecule has 1 saturated heterocycles. The summed E-state index contributed by atoms with van der Waals surface area (Å²) in [4.78, 5) is 0. The zero-order valence-corrected chi connectivity index (χ0v) is 8.15. The summed E-state index contributed by atoms with van der Waals surface area (Å²) in [6.45, 7) is 0.618. The molecule has 2 aliphatic rings. The first-order chi connectivity index (χ1) is 5.99. The SMILES string of the molecule is O=S(=O)(F)CC1CC2(CCC2)CO1. The van der Waals surface area contributed by atoms with Crippen LogP contribution in [0.1, 0.15) is 25.7 Å². The zero-order chi connectivity index (χ0) is 9.53. The molecule has 1 spiro atoms. The molecule has 0 bridgehead atoms. The van der Waals surface area contributed by atoms with Crippen LogP contribution in [0.25, 0.3) is 0 Å². The van der Waals surface area contributed by atoms with Crippen molar-refractivity contribution < 1.29 is 17.0 Å². The molecule has 1 saturated carbocycles. The highest BCUT2D eigenvalue weighted by atomic mass is 32.3. The quantitative estimate of drug-likeness (QED) is 0.641. The van der Waals surface area contributed by atoms with E-state index in [1.807, 2.05) is 0 Å². The summed E-state index contributed by atoms with van der Waals surface area (Å²) in [7, 11) is -4.37. The van der Waals surface area contributed by atoms with Gasteiger partial charge in [-0.05, 0) is 24.7 Å². The molecule has 13 heavy (non-hydrogen) atoms. The third kappa shape index (κ3) is 2.02. The van der Waals surface area contributed by atoms with E-state index in [2.05, 4.69) is 0 Å². The van der Waals surface area contributed by atoms with Gasteiger partial charge in [0.05, 0.1) is 12.7 Å². The zero-order valence-electron chi connectivity index (χ0n) is 7.33. The Hall–Kier alpha value is -0.160. The van der Waals surface area contributed by atoms with E-state index in [0.29, 0.717) is 6.61 Å². The molecule has 1 aliphatic heterocycles. The summed E-state index contributed by atoms with van der Waals surface area (Å²) in [6.07, 6.45) is 3.72. The summed E-state index contributed by atoms with van der Waals surface area (Å²) < 4.78 is 38.3. The highest BCUT2D eigenvalue weighted by Gasteiger charge is 2.45. The second kappa shape index (κ2) is 2.92. The van der Waals surface area contributed by atoms with Crippen molar-refractivity contribution in [1.82, 2.24) is 0 Å². The summed E-state index contributed by atoms with van der Waals surface area (Å²) in [5.41, 5.74) is 0.204. The van der Waals surface area contributed by atoms with Gasteiger partial charge in [-0.25, -0.2) is 0 Å². The minimum atomic E-state index is -4.37. The lowest BCUT2D eigenvalue weighted by atomic mass is 9.68. The van der Waals surface area contributed by atoms with Gasteiger partial charge < -0.3 is 4.74 Å². The van der Waals surface area contributed by atoms with Crippen LogP contribution in [-0.4, -0.2) is 26.9 Å². The molecule has 1 unspecified atom stereocenters. The summed E-state index contributed by atoms with van der Waals surface area (Å²) in [6, 6.07) is 0. The van der Waals surface area contributed by atoms with Crippen molar-refractivity contribution in [1.29, 1.82) is 0 Å². The number of rotatable bonds is 2. The molecule has 0 radical (unpaired) electrons. The van der Waals surface area contributed by atoms with Crippen LogP contribution in [0, 0.1) is 5.41 Å². The van der Waals surface area contributed by atoms with Gasteiger partial charge >= 0.3 is 10.2 Å². The molecular formula is C8H13FO3S. The van der Waals surface area contributed by atoms with Crippen LogP contribution >= 0.6 is 0 Å². The van der Waals surface area contributed by atoms with Crippen molar-refractivity contribution >= 4 is 10.2 Å². The van der Waals surface area contributed by atoms with Crippen molar-refractivity contribution in [3.05, 3.63) is 0 Å². The Balaban J connectivity index is 1.91. The lowest BCUT2D eigenvalue weighted by Gasteiger charge is -2.36. The predicted molar refractivity (Wildman–Crippen MR) is 45.5 cm³/mol. The van der Waals surface area contributed by atoms with Gasteiger partial charge in [0, 0.05) is 0 Å². The van der Waals surface area contributed by atoms with Crippen LogP contribution in [0.3, 0.4) is 0 Å². The Morgan fingerprint density at radius 1 is 1.46 bits per heavy atom. The highest BCUT2D eigenvalue weighted by Crippen LogP contribution is 2.49. The van der Waals surface area contributed by atoms with Crippen LogP contribution in [0.5, 0.6) is 0 Å². The summed E-state index contributed by atoms with van der Waals surface area (Å²) >= 11 is 0. The van der Waals surface area contributed by atoms with Crippen LogP contribution in [0.4, 0.5) is 3.89 Å². The maximum atomic E-state index is 12.3. The van der Waals surface area contributed by atoms with Crippen molar-refractivity contribution in [3.8, 4) is 0 Å². The molecule has 0 aromatic carbocycles. The van der Waals surface area contributed by atoms with Gasteiger partial charge in [-0.3, -0.25) is 0 Å². The third-order valence-corrected chi connectivity index (χ3v) is 3.86. The Bertz CT molecular complexity index is 295. The van der Waals surface area contributed by atoms with E-state index < -0.39 is 22.1 Å². The molecule has 2 fully saturated rings.